The number of aliphatic hydroxyl groups excluding tert-OH is 2. The monoisotopic (exact) mass is 329 g/mol. The van der Waals surface area contributed by atoms with Crippen LogP contribution in [0, 0.1) is 0 Å². The van der Waals surface area contributed by atoms with Gasteiger partial charge in [0, 0.05) is 4.47 Å². The maximum absolute atomic E-state index is 11.9. The summed E-state index contributed by atoms with van der Waals surface area (Å²) in [4.78, 5) is 0. The molecule has 16 heavy (non-hydrogen) atoms. The third-order valence-electron chi connectivity index (χ3n) is 1.91. The number of halogens is 1. The van der Waals surface area contributed by atoms with Gasteiger partial charge in [-0.3, -0.25) is 0 Å². The highest BCUT2D eigenvalue weighted by Gasteiger charge is 2.31. The lowest BCUT2D eigenvalue weighted by Crippen LogP contribution is -2.51. The molecule has 1 rings (SSSR count). The Morgan fingerprint density at radius 2 is 2.06 bits per heavy atom. The van der Waals surface area contributed by atoms with Crippen molar-refractivity contribution < 1.29 is 18.6 Å². The van der Waals surface area contributed by atoms with Gasteiger partial charge in [0.2, 0.25) is 0 Å². The van der Waals surface area contributed by atoms with Crippen LogP contribution in [-0.2, 0) is 10.0 Å². The Kier molecular flexibility index (Phi) is 4.49. The smallest absolute Gasteiger partial charge is 0.251 e. The van der Waals surface area contributed by atoms with Crippen LogP contribution in [0.2, 0.25) is 0 Å². The highest BCUT2D eigenvalue weighted by molar-refractivity contribution is 9.10. The molecule has 0 unspecified atom stereocenters. The van der Waals surface area contributed by atoms with E-state index < -0.39 is 28.8 Å². The summed E-state index contributed by atoms with van der Waals surface area (Å²) in [7, 11) is -3.73. The van der Waals surface area contributed by atoms with E-state index in [9.17, 15) is 8.42 Å². The molecule has 0 bridgehead atoms. The van der Waals surface area contributed by atoms with Gasteiger partial charge >= 0.3 is 0 Å². The van der Waals surface area contributed by atoms with E-state index in [1.54, 1.807) is 11.4 Å². The lowest BCUT2D eigenvalue weighted by molar-refractivity contribution is 0.122. The normalized spacial score (nSPS) is 13.0. The molecule has 3 N–H and O–H groups in total. The minimum absolute atomic E-state index is 0.126. The summed E-state index contributed by atoms with van der Waals surface area (Å²) in [5, 5.41) is 19.7. The molecule has 8 heteroatoms. The van der Waals surface area contributed by atoms with Gasteiger partial charge in [-0.2, -0.15) is 4.72 Å². The first-order valence-corrected chi connectivity index (χ1v) is 7.49. The second-order valence-corrected chi connectivity index (χ2v) is 7.19. The molecule has 1 heterocycles. The van der Waals surface area contributed by atoms with E-state index in [4.69, 9.17) is 10.2 Å². The molecule has 0 radical (unpaired) electrons. The molecule has 0 atom stereocenters. The van der Waals surface area contributed by atoms with E-state index in [-0.39, 0.29) is 4.21 Å². The molecule has 0 aliphatic carbocycles. The lowest BCUT2D eigenvalue weighted by atomic mass is 10.1. The zero-order chi connectivity index (χ0) is 12.4. The van der Waals surface area contributed by atoms with Gasteiger partial charge in [-0.1, -0.05) is 0 Å². The first kappa shape index (κ1) is 14.1. The molecule has 92 valence electrons. The van der Waals surface area contributed by atoms with Crippen LogP contribution in [0.15, 0.2) is 20.1 Å². The van der Waals surface area contributed by atoms with Crippen LogP contribution in [0.1, 0.15) is 6.92 Å². The third-order valence-corrected chi connectivity index (χ3v) is 6.22. The van der Waals surface area contributed by atoms with Crippen molar-refractivity contribution in [2.45, 2.75) is 16.7 Å². The topological polar surface area (TPSA) is 86.6 Å². The predicted octanol–water partition coefficient (Wildman–Crippen LogP) is 0.532. The zero-order valence-corrected chi connectivity index (χ0v) is 11.7. The van der Waals surface area contributed by atoms with Crippen LogP contribution in [0.3, 0.4) is 0 Å². The highest BCUT2D eigenvalue weighted by Crippen LogP contribution is 2.28. The van der Waals surface area contributed by atoms with Crippen LogP contribution in [0.5, 0.6) is 0 Å². The van der Waals surface area contributed by atoms with Crippen molar-refractivity contribution in [2.24, 2.45) is 0 Å². The molecular weight excluding hydrogens is 318 g/mol. The van der Waals surface area contributed by atoms with Crippen molar-refractivity contribution >= 4 is 37.3 Å². The fourth-order valence-electron chi connectivity index (χ4n) is 0.957. The van der Waals surface area contributed by atoms with E-state index >= 15 is 0 Å². The van der Waals surface area contributed by atoms with Crippen molar-refractivity contribution in [3.05, 3.63) is 15.9 Å². The lowest BCUT2D eigenvalue weighted by Gasteiger charge is -2.25. The second-order valence-electron chi connectivity index (χ2n) is 3.54. The van der Waals surface area contributed by atoms with Gasteiger partial charge in [0.25, 0.3) is 10.0 Å². The minimum Gasteiger partial charge on any atom is -0.394 e. The Bertz CT molecular complexity index is 452. The third kappa shape index (κ3) is 3.02. The molecule has 0 fully saturated rings. The molecule has 5 nitrogen and oxygen atoms in total. The van der Waals surface area contributed by atoms with Crippen LogP contribution in [-0.4, -0.2) is 37.4 Å². The van der Waals surface area contributed by atoms with E-state index in [1.165, 1.54) is 6.92 Å². The number of hydrogen-bond donors (Lipinski definition) is 3. The van der Waals surface area contributed by atoms with Crippen molar-refractivity contribution in [1.29, 1.82) is 0 Å². The van der Waals surface area contributed by atoms with E-state index in [0.717, 1.165) is 11.3 Å². The largest absolute Gasteiger partial charge is 0.394 e. The maximum Gasteiger partial charge on any atom is 0.251 e. The SMILES string of the molecule is CC(CO)(CO)NS(=O)(=O)c1sccc1Br. The summed E-state index contributed by atoms with van der Waals surface area (Å²) in [5.41, 5.74) is -1.26. The van der Waals surface area contributed by atoms with E-state index in [1.807, 2.05) is 0 Å². The van der Waals surface area contributed by atoms with E-state index in [2.05, 4.69) is 20.7 Å². The quantitative estimate of drug-likeness (QED) is 0.735. The number of sulfonamides is 1. The van der Waals surface area contributed by atoms with Gasteiger partial charge in [-0.05, 0) is 34.3 Å². The molecule has 0 aromatic carbocycles. The summed E-state index contributed by atoms with van der Waals surface area (Å²) in [6.45, 7) is 0.462. The zero-order valence-electron chi connectivity index (χ0n) is 8.47. The first-order chi connectivity index (χ1) is 7.34. The molecule has 0 aliphatic heterocycles. The molecule has 1 aromatic heterocycles. The average Bonchev–Trinajstić information content (AvgIpc) is 2.64. The van der Waals surface area contributed by atoms with Gasteiger partial charge in [-0.25, -0.2) is 8.42 Å². The summed E-state index contributed by atoms with van der Waals surface area (Å²) >= 11 is 4.18. The Labute approximate surface area is 106 Å². The molecule has 0 aliphatic rings. The average molecular weight is 330 g/mol. The van der Waals surface area contributed by atoms with Crippen molar-refractivity contribution in [3.63, 3.8) is 0 Å². The van der Waals surface area contributed by atoms with E-state index in [0.29, 0.717) is 4.47 Å². The number of thiophene rings is 1. The van der Waals surface area contributed by atoms with Crippen LogP contribution >= 0.6 is 27.3 Å². The van der Waals surface area contributed by atoms with Crippen LogP contribution in [0.4, 0.5) is 0 Å². The highest BCUT2D eigenvalue weighted by atomic mass is 79.9. The molecule has 0 saturated heterocycles. The molecule has 0 spiro atoms. The fraction of sp³-hybridized carbons (Fsp3) is 0.500. The number of hydrogen-bond acceptors (Lipinski definition) is 5. The van der Waals surface area contributed by atoms with Gasteiger partial charge < -0.3 is 10.2 Å². The molecule has 0 amide bonds. The molecule has 0 saturated carbocycles. The molecule has 1 aromatic rings. The summed E-state index contributed by atoms with van der Waals surface area (Å²) in [6.07, 6.45) is 0. The summed E-state index contributed by atoms with van der Waals surface area (Å²) < 4.78 is 26.6. The Morgan fingerprint density at radius 1 is 1.50 bits per heavy atom. The Balaban J connectivity index is 3.02. The number of rotatable bonds is 5. The molecular formula is C8H12BrNO4S2. The summed E-state index contributed by atoms with van der Waals surface area (Å²) in [5.74, 6) is 0. The van der Waals surface area contributed by atoms with Crippen molar-refractivity contribution in [2.75, 3.05) is 13.2 Å². The second kappa shape index (κ2) is 5.11. The van der Waals surface area contributed by atoms with Gasteiger partial charge in [-0.15, -0.1) is 11.3 Å². The Morgan fingerprint density at radius 3 is 2.44 bits per heavy atom. The van der Waals surface area contributed by atoms with Gasteiger partial charge in [0.15, 0.2) is 0 Å². The fourth-order valence-corrected chi connectivity index (χ4v) is 4.69. The van der Waals surface area contributed by atoms with Crippen molar-refractivity contribution in [1.82, 2.24) is 4.72 Å². The van der Waals surface area contributed by atoms with Gasteiger partial charge in [0.1, 0.15) is 4.21 Å². The maximum atomic E-state index is 11.9. The summed E-state index contributed by atoms with van der Waals surface area (Å²) in [6, 6.07) is 1.62. The van der Waals surface area contributed by atoms with Crippen LogP contribution in [0.25, 0.3) is 0 Å². The Hall–Kier alpha value is 0.01000. The standard InChI is InChI=1S/C8H12BrNO4S2/c1-8(4-11,5-12)10-16(13,14)7-6(9)2-3-15-7/h2-3,10-12H,4-5H2,1H3. The minimum atomic E-state index is -3.73. The number of nitrogens with one attached hydrogen (secondary N) is 1. The van der Waals surface area contributed by atoms with Gasteiger partial charge in [0.05, 0.1) is 18.8 Å². The number of aliphatic hydroxyl groups is 2. The predicted molar refractivity (Wildman–Crippen MR) is 64.9 cm³/mol. The van der Waals surface area contributed by atoms with Crippen LogP contribution < -0.4 is 4.72 Å². The first-order valence-electron chi connectivity index (χ1n) is 4.33. The van der Waals surface area contributed by atoms with Crippen molar-refractivity contribution in [3.8, 4) is 0 Å².